The van der Waals surface area contributed by atoms with E-state index in [0.29, 0.717) is 6.54 Å². The first-order valence-electron chi connectivity index (χ1n) is 7.09. The summed E-state index contributed by atoms with van der Waals surface area (Å²) in [6, 6.07) is 4.12. The molecule has 6 heteroatoms. The Morgan fingerprint density at radius 3 is 3.00 bits per heavy atom. The normalized spacial score (nSPS) is 18.0. The second kappa shape index (κ2) is 6.22. The number of aromatic nitrogens is 2. The van der Waals surface area contributed by atoms with Gasteiger partial charge in [0.05, 0.1) is 23.3 Å². The fraction of sp³-hybridized carbons (Fsp3) is 0.400. The van der Waals surface area contributed by atoms with E-state index in [1.807, 2.05) is 29.3 Å². The largest absolute Gasteiger partial charge is 0.332 e. The van der Waals surface area contributed by atoms with Crippen LogP contribution in [0.15, 0.2) is 29.9 Å². The average molecular weight is 302 g/mol. The van der Waals surface area contributed by atoms with Crippen molar-refractivity contribution < 1.29 is 4.79 Å². The summed E-state index contributed by atoms with van der Waals surface area (Å²) in [5.74, 6) is 0. The zero-order valence-electron chi connectivity index (χ0n) is 12.0. The molecular formula is C15H18N4OS. The lowest BCUT2D eigenvalue weighted by atomic mass is 10.1. The van der Waals surface area contributed by atoms with Gasteiger partial charge in [-0.25, -0.2) is 9.78 Å². The highest BCUT2D eigenvalue weighted by atomic mass is 32.1. The molecule has 0 radical (unpaired) electrons. The summed E-state index contributed by atoms with van der Waals surface area (Å²) in [6.45, 7) is 3.26. The molecule has 1 fully saturated rings. The second-order valence-electron chi connectivity index (χ2n) is 5.15. The highest BCUT2D eigenvalue weighted by molar-refractivity contribution is 7.09. The zero-order chi connectivity index (χ0) is 14.7. The fourth-order valence-electron chi connectivity index (χ4n) is 2.70. The van der Waals surface area contributed by atoms with Crippen LogP contribution in [-0.2, 0) is 6.54 Å². The number of aryl methyl sites for hydroxylation is 1. The number of hydrogen-bond acceptors (Lipinski definition) is 4. The summed E-state index contributed by atoms with van der Waals surface area (Å²) in [4.78, 5) is 22.7. The number of hydrogen-bond donors (Lipinski definition) is 1. The highest BCUT2D eigenvalue weighted by Gasteiger charge is 2.29. The Kier molecular flexibility index (Phi) is 4.15. The standard InChI is InChI=1S/C15H18N4OS/c1-11-18-13(10-21-11)9-17-15(20)19-8-2-3-14(19)12-4-6-16-7-5-12/h4-7,10,14H,2-3,8-9H2,1H3,(H,17,20). The number of nitrogens with one attached hydrogen (secondary N) is 1. The Morgan fingerprint density at radius 2 is 2.29 bits per heavy atom. The van der Waals surface area contributed by atoms with Crippen LogP contribution < -0.4 is 5.32 Å². The summed E-state index contributed by atoms with van der Waals surface area (Å²) in [5, 5.41) is 5.98. The van der Waals surface area contributed by atoms with E-state index in [9.17, 15) is 4.79 Å². The number of nitrogens with zero attached hydrogens (tertiary/aromatic N) is 3. The first-order chi connectivity index (χ1) is 10.2. The lowest BCUT2D eigenvalue weighted by molar-refractivity contribution is 0.192. The summed E-state index contributed by atoms with van der Waals surface area (Å²) in [6.07, 6.45) is 5.60. The first-order valence-corrected chi connectivity index (χ1v) is 7.97. The van der Waals surface area contributed by atoms with Crippen LogP contribution in [0.3, 0.4) is 0 Å². The number of carbonyl (C=O) groups excluding carboxylic acids is 1. The lowest BCUT2D eigenvalue weighted by Crippen LogP contribution is -2.39. The van der Waals surface area contributed by atoms with E-state index >= 15 is 0 Å². The first kappa shape index (κ1) is 14.0. The molecule has 1 aliphatic heterocycles. The van der Waals surface area contributed by atoms with Crippen molar-refractivity contribution >= 4 is 17.4 Å². The van der Waals surface area contributed by atoms with E-state index in [1.165, 1.54) is 0 Å². The van der Waals surface area contributed by atoms with Gasteiger partial charge in [0.1, 0.15) is 0 Å². The third-order valence-electron chi connectivity index (χ3n) is 3.69. The molecule has 1 unspecified atom stereocenters. The predicted molar refractivity (Wildman–Crippen MR) is 82.0 cm³/mol. The van der Waals surface area contributed by atoms with Crippen molar-refractivity contribution in [3.8, 4) is 0 Å². The summed E-state index contributed by atoms with van der Waals surface area (Å²) < 4.78 is 0. The van der Waals surface area contributed by atoms with Crippen LogP contribution in [0.25, 0.3) is 0 Å². The van der Waals surface area contributed by atoms with E-state index in [-0.39, 0.29) is 12.1 Å². The molecule has 0 spiro atoms. The van der Waals surface area contributed by atoms with Crippen LogP contribution in [0, 0.1) is 6.92 Å². The van der Waals surface area contributed by atoms with Gasteiger partial charge in [-0.1, -0.05) is 0 Å². The average Bonchev–Trinajstić information content (AvgIpc) is 3.14. The number of pyridine rings is 1. The van der Waals surface area contributed by atoms with Crippen molar-refractivity contribution in [2.75, 3.05) is 6.54 Å². The number of urea groups is 1. The Hall–Kier alpha value is -1.95. The smallest absolute Gasteiger partial charge is 0.318 e. The monoisotopic (exact) mass is 302 g/mol. The number of likely N-dealkylation sites (tertiary alicyclic amines) is 1. The maximum Gasteiger partial charge on any atom is 0.318 e. The maximum absolute atomic E-state index is 12.4. The fourth-order valence-corrected chi connectivity index (χ4v) is 3.31. The van der Waals surface area contributed by atoms with Gasteiger partial charge in [0.15, 0.2) is 0 Å². The van der Waals surface area contributed by atoms with Crippen molar-refractivity contribution in [2.24, 2.45) is 0 Å². The lowest BCUT2D eigenvalue weighted by Gasteiger charge is -2.25. The van der Waals surface area contributed by atoms with E-state index < -0.39 is 0 Å². The molecule has 21 heavy (non-hydrogen) atoms. The van der Waals surface area contributed by atoms with Gasteiger partial charge in [0.2, 0.25) is 0 Å². The van der Waals surface area contributed by atoms with Gasteiger partial charge in [-0.15, -0.1) is 11.3 Å². The van der Waals surface area contributed by atoms with Crippen molar-refractivity contribution in [3.05, 3.63) is 46.2 Å². The van der Waals surface area contributed by atoms with Gasteiger partial charge in [-0.3, -0.25) is 4.98 Å². The topological polar surface area (TPSA) is 58.1 Å². The van der Waals surface area contributed by atoms with E-state index in [0.717, 1.165) is 35.7 Å². The molecule has 0 aliphatic carbocycles. The Balaban J connectivity index is 1.63. The molecule has 1 aliphatic rings. The minimum Gasteiger partial charge on any atom is -0.332 e. The van der Waals surface area contributed by atoms with Crippen molar-refractivity contribution in [3.63, 3.8) is 0 Å². The van der Waals surface area contributed by atoms with Gasteiger partial charge in [-0.05, 0) is 37.5 Å². The van der Waals surface area contributed by atoms with E-state index in [1.54, 1.807) is 23.7 Å². The van der Waals surface area contributed by atoms with Crippen LogP contribution in [0.2, 0.25) is 0 Å². The van der Waals surface area contributed by atoms with Gasteiger partial charge < -0.3 is 10.2 Å². The number of carbonyl (C=O) groups is 1. The molecule has 2 aromatic rings. The Bertz CT molecular complexity index is 613. The molecule has 1 atom stereocenters. The maximum atomic E-state index is 12.4. The quantitative estimate of drug-likeness (QED) is 0.948. The van der Waals surface area contributed by atoms with Gasteiger partial charge in [0, 0.05) is 24.3 Å². The molecule has 2 aromatic heterocycles. The summed E-state index contributed by atoms with van der Waals surface area (Å²) in [5.41, 5.74) is 2.08. The molecule has 0 bridgehead atoms. The number of thiazole rings is 1. The predicted octanol–water partition coefficient (Wildman–Crippen LogP) is 2.89. The molecule has 0 saturated carbocycles. The molecule has 0 aromatic carbocycles. The molecule has 2 amide bonds. The van der Waals surface area contributed by atoms with Gasteiger partial charge >= 0.3 is 6.03 Å². The minimum atomic E-state index is -0.0139. The molecular weight excluding hydrogens is 284 g/mol. The summed E-state index contributed by atoms with van der Waals surface area (Å²) >= 11 is 1.60. The number of rotatable bonds is 3. The van der Waals surface area contributed by atoms with Crippen molar-refractivity contribution in [1.29, 1.82) is 0 Å². The molecule has 110 valence electrons. The van der Waals surface area contributed by atoms with Crippen LogP contribution in [0.1, 0.15) is 35.1 Å². The zero-order valence-corrected chi connectivity index (χ0v) is 12.8. The van der Waals surface area contributed by atoms with Gasteiger partial charge in [-0.2, -0.15) is 0 Å². The van der Waals surface area contributed by atoms with Crippen LogP contribution in [0.4, 0.5) is 4.79 Å². The Labute approximate surface area is 128 Å². The molecule has 3 rings (SSSR count). The van der Waals surface area contributed by atoms with E-state index in [4.69, 9.17) is 0 Å². The second-order valence-corrected chi connectivity index (χ2v) is 6.21. The molecule has 3 heterocycles. The van der Waals surface area contributed by atoms with Gasteiger partial charge in [0.25, 0.3) is 0 Å². The highest BCUT2D eigenvalue weighted by Crippen LogP contribution is 2.31. The van der Waals surface area contributed by atoms with Crippen molar-refractivity contribution in [1.82, 2.24) is 20.2 Å². The summed E-state index contributed by atoms with van der Waals surface area (Å²) in [7, 11) is 0. The molecule has 1 N–H and O–H groups in total. The third kappa shape index (κ3) is 3.21. The van der Waals surface area contributed by atoms with Crippen LogP contribution in [0.5, 0.6) is 0 Å². The third-order valence-corrected chi connectivity index (χ3v) is 4.51. The van der Waals surface area contributed by atoms with E-state index in [2.05, 4.69) is 15.3 Å². The Morgan fingerprint density at radius 1 is 1.48 bits per heavy atom. The molecule has 1 saturated heterocycles. The SMILES string of the molecule is Cc1nc(CNC(=O)N2CCCC2c2ccncc2)cs1. The number of amides is 2. The van der Waals surface area contributed by atoms with Crippen molar-refractivity contribution in [2.45, 2.75) is 32.4 Å². The van der Waals surface area contributed by atoms with Crippen LogP contribution >= 0.6 is 11.3 Å². The minimum absolute atomic E-state index is 0.0139. The molecule has 5 nitrogen and oxygen atoms in total. The van der Waals surface area contributed by atoms with Crippen LogP contribution in [-0.4, -0.2) is 27.4 Å².